The maximum Gasteiger partial charge on any atom is 0.223 e. The van der Waals surface area contributed by atoms with Crippen molar-refractivity contribution in [3.05, 3.63) is 18.2 Å². The summed E-state index contributed by atoms with van der Waals surface area (Å²) >= 11 is 0. The number of rotatable bonds is 6. The topological polar surface area (TPSA) is 67.9 Å². The van der Waals surface area contributed by atoms with Crippen molar-refractivity contribution in [2.75, 3.05) is 45.6 Å². The molecule has 1 N–H and O–H groups in total. The van der Waals surface area contributed by atoms with Crippen LogP contribution in [0, 0.1) is 5.92 Å². The largest absolute Gasteiger partial charge is 0.486 e. The molecular weight excluding hydrogens is 376 g/mol. The Bertz CT molecular complexity index is 642. The molecule has 0 spiro atoms. The summed E-state index contributed by atoms with van der Waals surface area (Å²) in [6.45, 7) is 3.59. The number of hydrogen-bond donors (Lipinski definition) is 1. The van der Waals surface area contributed by atoms with Crippen LogP contribution in [0.3, 0.4) is 0 Å². The zero-order valence-electron chi connectivity index (χ0n) is 15.1. The highest BCUT2D eigenvalue weighted by Gasteiger charge is 2.23. The van der Waals surface area contributed by atoms with E-state index in [-0.39, 0.29) is 18.3 Å². The van der Waals surface area contributed by atoms with Crippen LogP contribution in [0.5, 0.6) is 11.5 Å². The standard InChI is InChI=1S/C18H26N2O4S.ClH/c1-19-12-14-3-2-7-20(13-14)18(21)6-10-25(22)15-4-5-16-17(11-15)24-9-8-23-16;/h4-5,11,14,19H,2-3,6-10,12-13H2,1H3;1H. The maximum atomic E-state index is 12.5. The molecule has 146 valence electrons. The van der Waals surface area contributed by atoms with Crippen molar-refractivity contribution in [3.63, 3.8) is 0 Å². The third kappa shape index (κ3) is 5.34. The van der Waals surface area contributed by atoms with Crippen molar-refractivity contribution in [3.8, 4) is 11.5 Å². The van der Waals surface area contributed by atoms with Crippen LogP contribution in [0.1, 0.15) is 19.3 Å². The van der Waals surface area contributed by atoms with Gasteiger partial charge in [-0.25, -0.2) is 0 Å². The predicted molar refractivity (Wildman–Crippen MR) is 104 cm³/mol. The minimum atomic E-state index is -1.21. The number of carbonyl (C=O) groups is 1. The molecule has 6 nitrogen and oxygen atoms in total. The third-order valence-electron chi connectivity index (χ3n) is 4.64. The summed E-state index contributed by atoms with van der Waals surface area (Å²) in [5.74, 6) is 2.28. The molecule has 26 heavy (non-hydrogen) atoms. The van der Waals surface area contributed by atoms with Gasteiger partial charge in [0.1, 0.15) is 13.2 Å². The van der Waals surface area contributed by atoms with Gasteiger partial charge in [0.2, 0.25) is 5.91 Å². The second-order valence-electron chi connectivity index (χ2n) is 6.51. The lowest BCUT2D eigenvalue weighted by atomic mass is 9.98. The van der Waals surface area contributed by atoms with Gasteiger partial charge in [-0.2, -0.15) is 0 Å². The second-order valence-corrected chi connectivity index (χ2v) is 8.08. The highest BCUT2D eigenvalue weighted by molar-refractivity contribution is 7.85. The van der Waals surface area contributed by atoms with Crippen LogP contribution in [0.25, 0.3) is 0 Å². The zero-order valence-corrected chi connectivity index (χ0v) is 16.7. The molecule has 8 heteroatoms. The number of ether oxygens (including phenoxy) is 2. The van der Waals surface area contributed by atoms with Crippen LogP contribution in [-0.2, 0) is 15.6 Å². The first kappa shape index (κ1) is 21.0. The number of fused-ring (bicyclic) bond motifs is 1. The molecule has 0 radical (unpaired) electrons. The van der Waals surface area contributed by atoms with Gasteiger partial charge >= 0.3 is 0 Å². The maximum absolute atomic E-state index is 12.5. The third-order valence-corrected chi connectivity index (χ3v) is 6.00. The quantitative estimate of drug-likeness (QED) is 0.786. The number of nitrogens with one attached hydrogen (secondary N) is 1. The zero-order chi connectivity index (χ0) is 17.6. The summed E-state index contributed by atoms with van der Waals surface area (Å²) < 4.78 is 23.5. The Morgan fingerprint density at radius 1 is 1.31 bits per heavy atom. The van der Waals surface area contributed by atoms with E-state index in [9.17, 15) is 9.00 Å². The number of nitrogens with zero attached hydrogens (tertiary/aromatic N) is 1. The first-order chi connectivity index (χ1) is 12.2. The fraction of sp³-hybridized carbons (Fsp3) is 0.611. The molecule has 0 aliphatic carbocycles. The number of halogens is 1. The van der Waals surface area contributed by atoms with Crippen molar-refractivity contribution in [2.45, 2.75) is 24.2 Å². The summed E-state index contributed by atoms with van der Waals surface area (Å²) in [7, 11) is 0.728. The second kappa shape index (κ2) is 10.1. The molecule has 2 heterocycles. The van der Waals surface area contributed by atoms with E-state index >= 15 is 0 Å². The summed E-state index contributed by atoms with van der Waals surface area (Å²) in [5, 5.41) is 3.18. The molecular formula is C18H27ClN2O4S. The lowest BCUT2D eigenvalue weighted by molar-refractivity contribution is -0.132. The van der Waals surface area contributed by atoms with E-state index in [1.165, 1.54) is 0 Å². The van der Waals surface area contributed by atoms with Gasteiger partial charge in [0.15, 0.2) is 11.5 Å². The van der Waals surface area contributed by atoms with E-state index in [2.05, 4.69) is 5.32 Å². The summed E-state index contributed by atoms with van der Waals surface area (Å²) in [5.41, 5.74) is 0. The Hall–Kier alpha value is -1.31. The molecule has 2 unspecified atom stereocenters. The average molecular weight is 403 g/mol. The SMILES string of the molecule is CNCC1CCCN(C(=O)CCS(=O)c2ccc3c(c2)OCCO3)C1.Cl. The van der Waals surface area contributed by atoms with E-state index in [1.54, 1.807) is 18.2 Å². The van der Waals surface area contributed by atoms with Crippen LogP contribution in [0.2, 0.25) is 0 Å². The van der Waals surface area contributed by atoms with Crippen molar-refractivity contribution >= 4 is 29.1 Å². The van der Waals surface area contributed by atoms with Crippen molar-refractivity contribution < 1.29 is 18.5 Å². The minimum Gasteiger partial charge on any atom is -0.486 e. The van der Waals surface area contributed by atoms with Gasteiger partial charge < -0.3 is 19.7 Å². The number of benzene rings is 1. The first-order valence-electron chi connectivity index (χ1n) is 8.88. The number of likely N-dealkylation sites (tertiary alicyclic amines) is 1. The lowest BCUT2D eigenvalue weighted by Gasteiger charge is -2.32. The smallest absolute Gasteiger partial charge is 0.223 e. The molecule has 0 aromatic heterocycles. The Morgan fingerprint density at radius 3 is 2.85 bits per heavy atom. The van der Waals surface area contributed by atoms with E-state index in [4.69, 9.17) is 9.47 Å². The summed E-state index contributed by atoms with van der Waals surface area (Å²) in [4.78, 5) is 15.0. The normalized spacial score (nSPS) is 20.2. The summed E-state index contributed by atoms with van der Waals surface area (Å²) in [6.07, 6.45) is 2.52. The van der Waals surface area contributed by atoms with Gasteiger partial charge in [-0.15, -0.1) is 12.4 Å². The van der Waals surface area contributed by atoms with Crippen LogP contribution >= 0.6 is 12.4 Å². The fourth-order valence-corrected chi connectivity index (χ4v) is 4.42. The van der Waals surface area contributed by atoms with Crippen LogP contribution in [0.4, 0.5) is 0 Å². The van der Waals surface area contributed by atoms with Crippen LogP contribution < -0.4 is 14.8 Å². The molecule has 1 saturated heterocycles. The Labute approximate surface area is 163 Å². The van der Waals surface area contributed by atoms with E-state index in [0.717, 1.165) is 32.5 Å². The molecule has 3 rings (SSSR count). The minimum absolute atomic E-state index is 0. The van der Waals surface area contributed by atoms with Crippen LogP contribution in [0.15, 0.2) is 23.1 Å². The van der Waals surface area contributed by atoms with Crippen molar-refractivity contribution in [1.82, 2.24) is 10.2 Å². The molecule has 1 aromatic carbocycles. The van der Waals surface area contributed by atoms with Gasteiger partial charge in [-0.1, -0.05) is 0 Å². The number of hydrogen-bond acceptors (Lipinski definition) is 5. The summed E-state index contributed by atoms with van der Waals surface area (Å²) in [6, 6.07) is 5.34. The van der Waals surface area contributed by atoms with Gasteiger partial charge in [0, 0.05) is 36.2 Å². The highest BCUT2D eigenvalue weighted by Crippen LogP contribution is 2.31. The molecule has 0 bridgehead atoms. The predicted octanol–water partition coefficient (Wildman–Crippen LogP) is 1.84. The Kier molecular flexibility index (Phi) is 8.18. The van der Waals surface area contributed by atoms with E-state index in [1.807, 2.05) is 11.9 Å². The first-order valence-corrected chi connectivity index (χ1v) is 10.2. The molecule has 1 aromatic rings. The van der Waals surface area contributed by atoms with Gasteiger partial charge in [-0.3, -0.25) is 9.00 Å². The van der Waals surface area contributed by atoms with E-state index in [0.29, 0.717) is 47.7 Å². The lowest BCUT2D eigenvalue weighted by Crippen LogP contribution is -2.42. The molecule has 2 aliphatic heterocycles. The number of carbonyl (C=O) groups excluding carboxylic acids is 1. The van der Waals surface area contributed by atoms with Gasteiger partial charge in [-0.05, 0) is 44.5 Å². The highest BCUT2D eigenvalue weighted by atomic mass is 35.5. The van der Waals surface area contributed by atoms with E-state index < -0.39 is 10.8 Å². The molecule has 1 amide bonds. The van der Waals surface area contributed by atoms with Crippen molar-refractivity contribution in [2.24, 2.45) is 5.92 Å². The number of amides is 1. The monoisotopic (exact) mass is 402 g/mol. The van der Waals surface area contributed by atoms with Gasteiger partial charge in [0.05, 0.1) is 10.8 Å². The Balaban J connectivity index is 0.00000243. The van der Waals surface area contributed by atoms with Crippen LogP contribution in [-0.4, -0.2) is 60.7 Å². The Morgan fingerprint density at radius 2 is 2.08 bits per heavy atom. The average Bonchev–Trinajstić information content (AvgIpc) is 2.66. The molecule has 1 fully saturated rings. The van der Waals surface area contributed by atoms with Crippen molar-refractivity contribution in [1.29, 1.82) is 0 Å². The number of piperidine rings is 1. The fourth-order valence-electron chi connectivity index (χ4n) is 3.37. The molecule has 0 saturated carbocycles. The van der Waals surface area contributed by atoms with Gasteiger partial charge in [0.25, 0.3) is 0 Å². The molecule has 2 atom stereocenters. The molecule has 2 aliphatic rings.